The molecule has 0 aliphatic rings. The van der Waals surface area contributed by atoms with Gasteiger partial charge in [-0.2, -0.15) is 13.2 Å². The van der Waals surface area contributed by atoms with E-state index in [0.29, 0.717) is 11.3 Å². The quantitative estimate of drug-likeness (QED) is 0.468. The van der Waals surface area contributed by atoms with E-state index < -0.39 is 17.8 Å². The van der Waals surface area contributed by atoms with Crippen molar-refractivity contribution in [3.8, 4) is 22.4 Å². The number of carbonyl (C=O) groups excluding carboxylic acids is 1. The second-order valence-corrected chi connectivity index (χ2v) is 6.52. The highest BCUT2D eigenvalue weighted by Gasteiger charge is 2.33. The Balaban J connectivity index is 2.31. The van der Waals surface area contributed by atoms with Gasteiger partial charge < -0.3 is 10.5 Å². The molecule has 0 aliphatic heterocycles. The van der Waals surface area contributed by atoms with Gasteiger partial charge in [-0.15, -0.1) is 0 Å². The van der Waals surface area contributed by atoms with E-state index in [-0.39, 0.29) is 35.1 Å². The highest BCUT2D eigenvalue weighted by atomic mass is 19.4. The van der Waals surface area contributed by atoms with Gasteiger partial charge in [-0.05, 0) is 37.6 Å². The molecule has 0 aliphatic carbocycles. The van der Waals surface area contributed by atoms with Crippen molar-refractivity contribution in [3.05, 3.63) is 65.6 Å². The highest BCUT2D eigenvalue weighted by molar-refractivity contribution is 5.92. The Morgan fingerprint density at radius 2 is 1.81 bits per heavy atom. The zero-order chi connectivity index (χ0) is 22.6. The van der Waals surface area contributed by atoms with E-state index in [1.165, 1.54) is 19.1 Å². The first-order valence-electron chi connectivity index (χ1n) is 9.33. The number of aryl methyl sites for hydroxylation is 1. The number of carbonyl (C=O) groups is 1. The Bertz CT molecular complexity index is 1130. The van der Waals surface area contributed by atoms with Gasteiger partial charge in [-0.3, -0.25) is 0 Å². The smallest absolute Gasteiger partial charge is 0.433 e. The van der Waals surface area contributed by atoms with Crippen LogP contribution in [0, 0.1) is 6.92 Å². The van der Waals surface area contributed by atoms with Crippen molar-refractivity contribution in [1.29, 1.82) is 0 Å². The molecule has 0 saturated carbocycles. The summed E-state index contributed by atoms with van der Waals surface area (Å²) in [5, 5.41) is 0. The van der Waals surface area contributed by atoms with E-state index in [0.717, 1.165) is 12.1 Å². The number of nitrogen functional groups attached to an aromatic ring is 1. The van der Waals surface area contributed by atoms with Crippen LogP contribution in [0.4, 0.5) is 19.1 Å². The fourth-order valence-corrected chi connectivity index (χ4v) is 3.00. The molecule has 2 aromatic heterocycles. The maximum absolute atomic E-state index is 13.4. The Morgan fingerprint density at radius 3 is 2.45 bits per heavy atom. The van der Waals surface area contributed by atoms with Crippen LogP contribution in [0.3, 0.4) is 0 Å². The van der Waals surface area contributed by atoms with Crippen LogP contribution in [0.2, 0.25) is 0 Å². The van der Waals surface area contributed by atoms with Crippen molar-refractivity contribution in [1.82, 2.24) is 15.0 Å². The first kappa shape index (κ1) is 21.9. The highest BCUT2D eigenvalue weighted by Crippen LogP contribution is 2.37. The number of alkyl halides is 3. The number of rotatable bonds is 5. The molecule has 0 radical (unpaired) electrons. The minimum Gasteiger partial charge on any atom is -0.463 e. The fourth-order valence-electron chi connectivity index (χ4n) is 3.00. The van der Waals surface area contributed by atoms with E-state index in [4.69, 9.17) is 10.5 Å². The molecule has 0 atom stereocenters. The molecule has 0 fully saturated rings. The molecular weight excluding hydrogens is 409 g/mol. The SMILES string of the molecule is CCOC(=O)/C=C/c1nc(N)nc(-c2ccccc2)c1-c1cc(C)nc(C(F)(F)F)c1. The second-order valence-electron chi connectivity index (χ2n) is 6.52. The van der Waals surface area contributed by atoms with Crippen LogP contribution in [0.15, 0.2) is 48.5 Å². The van der Waals surface area contributed by atoms with Gasteiger partial charge >= 0.3 is 12.1 Å². The molecule has 2 heterocycles. The van der Waals surface area contributed by atoms with Crippen LogP contribution in [0.25, 0.3) is 28.5 Å². The molecular formula is C22H19F3N4O2. The molecule has 6 nitrogen and oxygen atoms in total. The van der Waals surface area contributed by atoms with Crippen LogP contribution in [0.1, 0.15) is 24.0 Å². The van der Waals surface area contributed by atoms with E-state index in [1.54, 1.807) is 37.3 Å². The maximum atomic E-state index is 13.4. The largest absolute Gasteiger partial charge is 0.463 e. The molecule has 3 rings (SSSR count). The number of ether oxygens (including phenoxy) is 1. The summed E-state index contributed by atoms with van der Waals surface area (Å²) in [6, 6.07) is 11.3. The normalized spacial score (nSPS) is 11.6. The van der Waals surface area contributed by atoms with Crippen LogP contribution in [0.5, 0.6) is 0 Å². The summed E-state index contributed by atoms with van der Waals surface area (Å²) in [6.07, 6.45) is -2.15. The summed E-state index contributed by atoms with van der Waals surface area (Å²) < 4.78 is 45.1. The first-order valence-corrected chi connectivity index (χ1v) is 9.33. The van der Waals surface area contributed by atoms with Gasteiger partial charge in [0.15, 0.2) is 0 Å². The predicted molar refractivity (Wildman–Crippen MR) is 111 cm³/mol. The van der Waals surface area contributed by atoms with Crippen molar-refractivity contribution in [3.63, 3.8) is 0 Å². The molecule has 3 aromatic rings. The van der Waals surface area contributed by atoms with Crippen molar-refractivity contribution < 1.29 is 22.7 Å². The van der Waals surface area contributed by atoms with Gasteiger partial charge in [0.1, 0.15) is 5.69 Å². The van der Waals surface area contributed by atoms with E-state index in [1.807, 2.05) is 0 Å². The summed E-state index contributed by atoms with van der Waals surface area (Å²) in [7, 11) is 0. The lowest BCUT2D eigenvalue weighted by Gasteiger charge is -2.15. The standard InChI is InChI=1S/C22H19F3N4O2/c1-3-31-18(30)10-9-16-19(15-11-13(2)27-17(12-15)22(23,24)25)20(29-21(26)28-16)14-7-5-4-6-8-14/h4-12H,3H2,1-2H3,(H2,26,28,29)/b10-9+. The summed E-state index contributed by atoms with van der Waals surface area (Å²) in [4.78, 5) is 23.8. The monoisotopic (exact) mass is 428 g/mol. The number of anilines is 1. The van der Waals surface area contributed by atoms with Crippen LogP contribution in [-0.4, -0.2) is 27.5 Å². The molecule has 0 amide bonds. The van der Waals surface area contributed by atoms with Gasteiger partial charge in [0.2, 0.25) is 5.95 Å². The van der Waals surface area contributed by atoms with Gasteiger partial charge in [0, 0.05) is 22.9 Å². The number of halogens is 3. The first-order chi connectivity index (χ1) is 14.7. The third kappa shape index (κ3) is 5.25. The van der Waals surface area contributed by atoms with Gasteiger partial charge in [0.25, 0.3) is 0 Å². The number of nitrogens with two attached hydrogens (primary N) is 1. The van der Waals surface area contributed by atoms with E-state index >= 15 is 0 Å². The minimum absolute atomic E-state index is 0.0899. The average molecular weight is 428 g/mol. The van der Waals surface area contributed by atoms with Gasteiger partial charge in [-0.25, -0.2) is 19.7 Å². The van der Waals surface area contributed by atoms with Crippen molar-refractivity contribution in [2.45, 2.75) is 20.0 Å². The van der Waals surface area contributed by atoms with Crippen molar-refractivity contribution in [2.75, 3.05) is 12.3 Å². The Hall–Kier alpha value is -3.75. The average Bonchev–Trinajstić information content (AvgIpc) is 2.71. The number of hydrogen-bond donors (Lipinski definition) is 1. The summed E-state index contributed by atoms with van der Waals surface area (Å²) in [5.74, 6) is -0.707. The van der Waals surface area contributed by atoms with E-state index in [9.17, 15) is 18.0 Å². The van der Waals surface area contributed by atoms with E-state index in [2.05, 4.69) is 15.0 Å². The lowest BCUT2D eigenvalue weighted by atomic mass is 9.96. The van der Waals surface area contributed by atoms with Crippen LogP contribution in [-0.2, 0) is 15.7 Å². The molecule has 1 aromatic carbocycles. The lowest BCUT2D eigenvalue weighted by molar-refractivity contribution is -0.141. The molecule has 0 bridgehead atoms. The second kappa shape index (κ2) is 8.95. The van der Waals surface area contributed by atoms with Crippen molar-refractivity contribution in [2.24, 2.45) is 0 Å². The predicted octanol–water partition coefficient (Wildman–Crippen LogP) is 4.69. The topological polar surface area (TPSA) is 91.0 Å². The summed E-state index contributed by atoms with van der Waals surface area (Å²) >= 11 is 0. The number of benzene rings is 1. The Kier molecular flexibility index (Phi) is 6.33. The Morgan fingerprint density at radius 1 is 1.10 bits per heavy atom. The molecule has 2 N–H and O–H groups in total. The van der Waals surface area contributed by atoms with Crippen LogP contribution < -0.4 is 5.73 Å². The molecule has 0 saturated heterocycles. The van der Waals surface area contributed by atoms with Gasteiger partial charge in [-0.1, -0.05) is 30.3 Å². The number of nitrogens with zero attached hydrogens (tertiary/aromatic N) is 3. The summed E-state index contributed by atoms with van der Waals surface area (Å²) in [6.45, 7) is 3.30. The lowest BCUT2D eigenvalue weighted by Crippen LogP contribution is -2.10. The number of aromatic nitrogens is 3. The zero-order valence-electron chi connectivity index (χ0n) is 16.8. The zero-order valence-corrected chi connectivity index (χ0v) is 16.8. The number of esters is 1. The molecule has 160 valence electrons. The fraction of sp³-hybridized carbons (Fsp3) is 0.182. The van der Waals surface area contributed by atoms with Gasteiger partial charge in [0.05, 0.1) is 18.0 Å². The third-order valence-corrected chi connectivity index (χ3v) is 4.20. The number of hydrogen-bond acceptors (Lipinski definition) is 6. The number of pyridine rings is 1. The molecule has 9 heteroatoms. The molecule has 0 unspecified atom stereocenters. The third-order valence-electron chi connectivity index (χ3n) is 4.20. The molecule has 31 heavy (non-hydrogen) atoms. The minimum atomic E-state index is -4.64. The summed E-state index contributed by atoms with van der Waals surface area (Å²) in [5.41, 5.74) is 6.62. The van der Waals surface area contributed by atoms with Crippen molar-refractivity contribution >= 4 is 18.0 Å². The van der Waals surface area contributed by atoms with Crippen LogP contribution >= 0.6 is 0 Å². The Labute approximate surface area is 176 Å². The maximum Gasteiger partial charge on any atom is 0.433 e. The molecule has 0 spiro atoms.